The second-order valence-electron chi connectivity index (χ2n) is 8.52. The zero-order chi connectivity index (χ0) is 22.7. The highest BCUT2D eigenvalue weighted by Gasteiger charge is 2.32. The molecule has 0 bridgehead atoms. The van der Waals surface area contributed by atoms with E-state index in [4.69, 9.17) is 4.74 Å². The van der Waals surface area contributed by atoms with Crippen LogP contribution in [-0.4, -0.2) is 55.5 Å². The highest BCUT2D eigenvalue weighted by atomic mass is 32.2. The van der Waals surface area contributed by atoms with E-state index in [9.17, 15) is 8.42 Å². The highest BCUT2D eigenvalue weighted by molar-refractivity contribution is 7.89. The van der Waals surface area contributed by atoms with Crippen molar-refractivity contribution in [1.82, 2.24) is 14.3 Å². The maximum absolute atomic E-state index is 13.3. The number of rotatable bonds is 7. The third kappa shape index (κ3) is 4.56. The Labute approximate surface area is 190 Å². The van der Waals surface area contributed by atoms with Crippen LogP contribution in [0.25, 0.3) is 10.9 Å². The summed E-state index contributed by atoms with van der Waals surface area (Å²) in [4.78, 5) is 11.6. The SMILES string of the molecule is COc1ccc2ncnc(N3CCCC(CN(C(C)C)S(=O)(=O)c4ccccc4)C3)c2c1. The molecular weight excluding hydrogens is 424 g/mol. The molecule has 8 heteroatoms. The summed E-state index contributed by atoms with van der Waals surface area (Å²) in [7, 11) is -1.90. The predicted molar refractivity (Wildman–Crippen MR) is 126 cm³/mol. The average molecular weight is 455 g/mol. The van der Waals surface area contributed by atoms with Crippen LogP contribution >= 0.6 is 0 Å². The topological polar surface area (TPSA) is 75.6 Å². The molecule has 0 spiro atoms. The highest BCUT2D eigenvalue weighted by Crippen LogP contribution is 2.31. The number of nitrogens with zero attached hydrogens (tertiary/aromatic N) is 4. The van der Waals surface area contributed by atoms with Gasteiger partial charge in [0.25, 0.3) is 0 Å². The van der Waals surface area contributed by atoms with E-state index in [1.54, 1.807) is 42.0 Å². The van der Waals surface area contributed by atoms with Crippen molar-refractivity contribution in [3.8, 4) is 5.75 Å². The van der Waals surface area contributed by atoms with Crippen molar-refractivity contribution in [3.05, 3.63) is 54.9 Å². The van der Waals surface area contributed by atoms with Crippen LogP contribution in [0.15, 0.2) is 59.8 Å². The number of hydrogen-bond acceptors (Lipinski definition) is 6. The lowest BCUT2D eigenvalue weighted by molar-refractivity contribution is 0.275. The number of piperidine rings is 1. The Balaban J connectivity index is 1.58. The molecule has 1 saturated heterocycles. The van der Waals surface area contributed by atoms with Crippen LogP contribution in [0, 0.1) is 5.92 Å². The van der Waals surface area contributed by atoms with Gasteiger partial charge in [-0.2, -0.15) is 4.31 Å². The molecule has 1 aliphatic heterocycles. The fraction of sp³-hybridized carbons (Fsp3) is 0.417. The van der Waals surface area contributed by atoms with E-state index in [1.807, 2.05) is 38.1 Å². The third-order valence-electron chi connectivity index (χ3n) is 6.00. The number of methoxy groups -OCH3 is 1. The van der Waals surface area contributed by atoms with Gasteiger partial charge in [-0.15, -0.1) is 0 Å². The van der Waals surface area contributed by atoms with Crippen molar-refractivity contribution in [2.45, 2.75) is 37.6 Å². The maximum Gasteiger partial charge on any atom is 0.243 e. The van der Waals surface area contributed by atoms with Gasteiger partial charge in [0.1, 0.15) is 17.9 Å². The molecule has 0 amide bonds. The zero-order valence-electron chi connectivity index (χ0n) is 18.8. The molecule has 0 radical (unpaired) electrons. The first-order chi connectivity index (χ1) is 15.4. The molecule has 1 unspecified atom stereocenters. The van der Waals surface area contributed by atoms with Crippen LogP contribution in [-0.2, 0) is 10.0 Å². The smallest absolute Gasteiger partial charge is 0.243 e. The summed E-state index contributed by atoms with van der Waals surface area (Å²) >= 11 is 0. The molecule has 0 saturated carbocycles. The number of benzene rings is 2. The first-order valence-corrected chi connectivity index (χ1v) is 12.4. The van der Waals surface area contributed by atoms with E-state index in [1.165, 1.54) is 0 Å². The van der Waals surface area contributed by atoms with Gasteiger partial charge in [0.2, 0.25) is 10.0 Å². The van der Waals surface area contributed by atoms with E-state index in [2.05, 4.69) is 14.9 Å². The van der Waals surface area contributed by atoms with E-state index in [0.717, 1.165) is 48.4 Å². The molecular formula is C24H30N4O3S. The third-order valence-corrected chi connectivity index (χ3v) is 8.06. The minimum atomic E-state index is -3.55. The summed E-state index contributed by atoms with van der Waals surface area (Å²) in [6.45, 7) is 5.98. The summed E-state index contributed by atoms with van der Waals surface area (Å²) < 4.78 is 33.7. The Morgan fingerprint density at radius 3 is 2.66 bits per heavy atom. The largest absolute Gasteiger partial charge is 0.497 e. The lowest BCUT2D eigenvalue weighted by atomic mass is 9.97. The molecule has 4 rings (SSSR count). The van der Waals surface area contributed by atoms with Gasteiger partial charge in [-0.3, -0.25) is 0 Å². The lowest BCUT2D eigenvalue weighted by Gasteiger charge is -2.37. The standard InChI is InChI=1S/C24H30N4O3S/c1-18(2)28(32(29,30)21-9-5-4-6-10-21)16-19-8-7-13-27(15-19)24-22-14-20(31-3)11-12-23(22)25-17-26-24/h4-6,9-12,14,17-19H,7-8,13,15-16H2,1-3H3. The van der Waals surface area contributed by atoms with Crippen LogP contribution < -0.4 is 9.64 Å². The normalized spacial score (nSPS) is 17.3. The first kappa shape index (κ1) is 22.5. The van der Waals surface area contributed by atoms with Crippen molar-refractivity contribution >= 4 is 26.7 Å². The summed E-state index contributed by atoms with van der Waals surface area (Å²) in [5, 5.41) is 0.949. The zero-order valence-corrected chi connectivity index (χ0v) is 19.6. The Kier molecular flexibility index (Phi) is 6.62. The molecule has 3 aromatic rings. The minimum Gasteiger partial charge on any atom is -0.497 e. The predicted octanol–water partition coefficient (Wildman–Crippen LogP) is 3.95. The monoisotopic (exact) mass is 454 g/mol. The van der Waals surface area contributed by atoms with Gasteiger partial charge in [0, 0.05) is 31.1 Å². The maximum atomic E-state index is 13.3. The molecule has 1 aromatic heterocycles. The Bertz CT molecular complexity index is 1170. The average Bonchev–Trinajstić information content (AvgIpc) is 2.82. The summed E-state index contributed by atoms with van der Waals surface area (Å²) in [6.07, 6.45) is 3.56. The van der Waals surface area contributed by atoms with Crippen LogP contribution in [0.1, 0.15) is 26.7 Å². The molecule has 1 aliphatic rings. The molecule has 2 heterocycles. The van der Waals surface area contributed by atoms with Crippen LogP contribution in [0.5, 0.6) is 5.75 Å². The van der Waals surface area contributed by atoms with Gasteiger partial charge >= 0.3 is 0 Å². The van der Waals surface area contributed by atoms with Gasteiger partial charge in [-0.05, 0) is 62.9 Å². The number of sulfonamides is 1. The van der Waals surface area contributed by atoms with E-state index >= 15 is 0 Å². The van der Waals surface area contributed by atoms with E-state index < -0.39 is 10.0 Å². The molecule has 0 aliphatic carbocycles. The number of aromatic nitrogens is 2. The van der Waals surface area contributed by atoms with Crippen LogP contribution in [0.2, 0.25) is 0 Å². The van der Waals surface area contributed by atoms with E-state index in [-0.39, 0.29) is 12.0 Å². The Morgan fingerprint density at radius 2 is 1.94 bits per heavy atom. The second-order valence-corrected chi connectivity index (χ2v) is 10.4. The summed E-state index contributed by atoms with van der Waals surface area (Å²) in [5.41, 5.74) is 0.869. The molecule has 1 atom stereocenters. The molecule has 7 nitrogen and oxygen atoms in total. The molecule has 170 valence electrons. The summed E-state index contributed by atoms with van der Waals surface area (Å²) in [5.74, 6) is 1.85. The first-order valence-electron chi connectivity index (χ1n) is 11.0. The Hall–Kier alpha value is -2.71. The van der Waals surface area contributed by atoms with Crippen molar-refractivity contribution in [1.29, 1.82) is 0 Å². The summed E-state index contributed by atoms with van der Waals surface area (Å²) in [6, 6.07) is 14.4. The van der Waals surface area contributed by atoms with Gasteiger partial charge in [0.05, 0.1) is 17.5 Å². The second kappa shape index (κ2) is 9.42. The van der Waals surface area contributed by atoms with Gasteiger partial charge in [-0.25, -0.2) is 18.4 Å². The molecule has 32 heavy (non-hydrogen) atoms. The van der Waals surface area contributed by atoms with Crippen molar-refractivity contribution in [2.75, 3.05) is 31.6 Å². The molecule has 2 aromatic carbocycles. The number of anilines is 1. The van der Waals surface area contributed by atoms with Gasteiger partial charge in [-0.1, -0.05) is 18.2 Å². The van der Waals surface area contributed by atoms with Crippen molar-refractivity contribution in [3.63, 3.8) is 0 Å². The van der Waals surface area contributed by atoms with E-state index in [0.29, 0.717) is 11.4 Å². The van der Waals surface area contributed by atoms with Crippen molar-refractivity contribution in [2.24, 2.45) is 5.92 Å². The lowest BCUT2D eigenvalue weighted by Crippen LogP contribution is -2.45. The van der Waals surface area contributed by atoms with Crippen molar-refractivity contribution < 1.29 is 13.2 Å². The Morgan fingerprint density at radius 1 is 1.16 bits per heavy atom. The van der Waals surface area contributed by atoms with Crippen LogP contribution in [0.4, 0.5) is 5.82 Å². The quantitative estimate of drug-likeness (QED) is 0.538. The number of ether oxygens (including phenoxy) is 1. The number of hydrogen-bond donors (Lipinski definition) is 0. The van der Waals surface area contributed by atoms with Gasteiger partial charge < -0.3 is 9.64 Å². The molecule has 1 fully saturated rings. The minimum absolute atomic E-state index is 0.125. The van der Waals surface area contributed by atoms with Crippen LogP contribution in [0.3, 0.4) is 0 Å². The number of fused-ring (bicyclic) bond motifs is 1. The molecule has 0 N–H and O–H groups in total. The fourth-order valence-electron chi connectivity index (χ4n) is 4.38. The fourth-order valence-corrected chi connectivity index (χ4v) is 6.11. The van der Waals surface area contributed by atoms with Gasteiger partial charge in [0.15, 0.2) is 0 Å².